The van der Waals surface area contributed by atoms with Gasteiger partial charge in [0.05, 0.1) is 22.6 Å². The molecule has 3 aliphatic heterocycles. The molecule has 0 aliphatic carbocycles. The fraction of sp³-hybridized carbons (Fsp3) is 0.333. The number of carbonyl (C=O) groups is 2. The van der Waals surface area contributed by atoms with Crippen LogP contribution >= 0.6 is 11.3 Å². The SMILES string of the molecule is O=C(C1=C(O)C(=O)N(CC2CCCO2)C1c1ccc2c(c1)OCO2)c1cccs1. The van der Waals surface area contributed by atoms with Crippen LogP contribution < -0.4 is 9.47 Å². The Balaban J connectivity index is 1.57. The second-order valence-corrected chi connectivity index (χ2v) is 8.12. The van der Waals surface area contributed by atoms with E-state index in [1.54, 1.807) is 35.7 Å². The van der Waals surface area contributed by atoms with Crippen molar-refractivity contribution < 1.29 is 28.9 Å². The number of benzene rings is 1. The first-order chi connectivity index (χ1) is 14.1. The van der Waals surface area contributed by atoms with Crippen molar-refractivity contribution in [3.63, 3.8) is 0 Å². The minimum atomic E-state index is -0.712. The molecule has 1 amide bonds. The van der Waals surface area contributed by atoms with Crippen molar-refractivity contribution in [1.82, 2.24) is 4.90 Å². The van der Waals surface area contributed by atoms with Crippen LogP contribution in [0.4, 0.5) is 0 Å². The molecule has 5 rings (SSSR count). The quantitative estimate of drug-likeness (QED) is 0.758. The number of amides is 1. The van der Waals surface area contributed by atoms with Crippen LogP contribution in [0.1, 0.15) is 34.1 Å². The Kier molecular flexibility index (Phi) is 4.52. The highest BCUT2D eigenvalue weighted by Crippen LogP contribution is 2.43. The monoisotopic (exact) mass is 413 g/mol. The third kappa shape index (κ3) is 3.08. The molecule has 1 aromatic carbocycles. The first-order valence-electron chi connectivity index (χ1n) is 9.47. The van der Waals surface area contributed by atoms with Gasteiger partial charge in [-0.3, -0.25) is 9.59 Å². The average Bonchev–Trinajstić information content (AvgIpc) is 3.51. The number of hydrogen-bond acceptors (Lipinski definition) is 7. The lowest BCUT2D eigenvalue weighted by Crippen LogP contribution is -2.37. The van der Waals surface area contributed by atoms with Crippen LogP contribution in [0.2, 0.25) is 0 Å². The van der Waals surface area contributed by atoms with Crippen LogP contribution in [-0.2, 0) is 9.53 Å². The standard InChI is InChI=1S/C21H19NO6S/c23-19(16-4-2-8-29-16)17-18(12-5-6-14-15(9-12)28-11-27-14)22(21(25)20(17)24)10-13-3-1-7-26-13/h2,4-6,8-9,13,18,24H,1,3,7,10-11H2. The largest absolute Gasteiger partial charge is 0.503 e. The Bertz CT molecular complexity index is 993. The third-order valence-electron chi connectivity index (χ3n) is 5.43. The van der Waals surface area contributed by atoms with Gasteiger partial charge in [0.15, 0.2) is 17.3 Å². The van der Waals surface area contributed by atoms with E-state index in [1.165, 1.54) is 16.2 Å². The molecule has 2 atom stereocenters. The Morgan fingerprint density at radius 2 is 2.10 bits per heavy atom. The maximum atomic E-state index is 13.2. The van der Waals surface area contributed by atoms with Gasteiger partial charge in [0.2, 0.25) is 12.6 Å². The van der Waals surface area contributed by atoms with Crippen LogP contribution in [0.5, 0.6) is 11.5 Å². The number of fused-ring (bicyclic) bond motifs is 1. The second-order valence-electron chi connectivity index (χ2n) is 7.18. The number of aliphatic hydroxyl groups excluding tert-OH is 1. The zero-order valence-corrected chi connectivity index (χ0v) is 16.3. The Hall–Kier alpha value is -2.84. The van der Waals surface area contributed by atoms with Gasteiger partial charge in [0, 0.05) is 13.2 Å². The molecule has 0 spiro atoms. The number of carbonyl (C=O) groups excluding carboxylic acids is 2. The van der Waals surface area contributed by atoms with E-state index in [0.717, 1.165) is 12.8 Å². The van der Waals surface area contributed by atoms with Crippen molar-refractivity contribution >= 4 is 23.0 Å². The van der Waals surface area contributed by atoms with Gasteiger partial charge in [0.25, 0.3) is 5.91 Å². The second kappa shape index (κ2) is 7.20. The number of Topliss-reactive ketones (excluding diaryl/α,β-unsaturated/α-hetero) is 1. The number of hydrogen-bond donors (Lipinski definition) is 1. The number of rotatable bonds is 5. The molecule has 0 radical (unpaired) electrons. The normalized spacial score (nSPS) is 23.3. The van der Waals surface area contributed by atoms with Crippen LogP contribution in [0.15, 0.2) is 47.0 Å². The number of nitrogens with zero attached hydrogens (tertiary/aromatic N) is 1. The smallest absolute Gasteiger partial charge is 0.290 e. The molecule has 3 aliphatic rings. The van der Waals surface area contributed by atoms with Gasteiger partial charge >= 0.3 is 0 Å². The topological polar surface area (TPSA) is 85.3 Å². The number of ether oxygens (including phenoxy) is 3. The van der Waals surface area contributed by atoms with E-state index in [0.29, 0.717) is 35.1 Å². The summed E-state index contributed by atoms with van der Waals surface area (Å²) in [5.74, 6) is -0.222. The Morgan fingerprint density at radius 3 is 2.86 bits per heavy atom. The van der Waals surface area contributed by atoms with Crippen LogP contribution in [0.25, 0.3) is 0 Å². The van der Waals surface area contributed by atoms with Crippen molar-refractivity contribution in [3.8, 4) is 11.5 Å². The predicted octanol–water partition coefficient (Wildman–Crippen LogP) is 3.23. The average molecular weight is 413 g/mol. The predicted molar refractivity (Wildman–Crippen MR) is 104 cm³/mol. The third-order valence-corrected chi connectivity index (χ3v) is 6.30. The first kappa shape index (κ1) is 18.2. The van der Waals surface area contributed by atoms with Gasteiger partial charge in [-0.2, -0.15) is 0 Å². The Labute approximate surface area is 171 Å². The van der Waals surface area contributed by atoms with E-state index in [1.807, 2.05) is 0 Å². The molecule has 0 bridgehead atoms. The summed E-state index contributed by atoms with van der Waals surface area (Å²) in [5.41, 5.74) is 0.777. The lowest BCUT2D eigenvalue weighted by molar-refractivity contribution is -0.131. The minimum absolute atomic E-state index is 0.0920. The molecule has 0 saturated carbocycles. The van der Waals surface area contributed by atoms with Gasteiger partial charge in [-0.05, 0) is 42.0 Å². The number of ketones is 1. The summed E-state index contributed by atoms with van der Waals surface area (Å²) in [4.78, 5) is 28.2. The summed E-state index contributed by atoms with van der Waals surface area (Å²) in [7, 11) is 0. The van der Waals surface area contributed by atoms with Gasteiger partial charge < -0.3 is 24.2 Å². The zero-order chi connectivity index (χ0) is 20.0. The molecule has 2 aromatic rings. The summed E-state index contributed by atoms with van der Waals surface area (Å²) in [6.07, 6.45) is 1.66. The van der Waals surface area contributed by atoms with Gasteiger partial charge in [-0.15, -0.1) is 11.3 Å². The lowest BCUT2D eigenvalue weighted by Gasteiger charge is -2.29. The summed E-state index contributed by atoms with van der Waals surface area (Å²) >= 11 is 1.28. The number of aliphatic hydroxyl groups is 1. The van der Waals surface area contributed by atoms with Crippen molar-refractivity contribution in [1.29, 1.82) is 0 Å². The highest BCUT2D eigenvalue weighted by atomic mass is 32.1. The van der Waals surface area contributed by atoms with E-state index >= 15 is 0 Å². The first-order valence-corrected chi connectivity index (χ1v) is 10.3. The molecular formula is C21H19NO6S. The van der Waals surface area contributed by atoms with Gasteiger partial charge in [-0.1, -0.05) is 12.1 Å². The van der Waals surface area contributed by atoms with E-state index < -0.39 is 17.7 Å². The molecule has 1 fully saturated rings. The summed E-state index contributed by atoms with van der Waals surface area (Å²) in [6, 6.07) is 8.08. The maximum Gasteiger partial charge on any atom is 0.290 e. The minimum Gasteiger partial charge on any atom is -0.503 e. The highest BCUT2D eigenvalue weighted by molar-refractivity contribution is 7.12. The molecule has 150 valence electrons. The molecule has 1 saturated heterocycles. The molecular weight excluding hydrogens is 394 g/mol. The highest BCUT2D eigenvalue weighted by Gasteiger charge is 2.45. The molecule has 29 heavy (non-hydrogen) atoms. The van der Waals surface area contributed by atoms with Crippen molar-refractivity contribution in [2.45, 2.75) is 25.0 Å². The van der Waals surface area contributed by atoms with Crippen LogP contribution in [-0.4, -0.2) is 47.7 Å². The summed E-state index contributed by atoms with van der Waals surface area (Å²) in [5, 5.41) is 12.5. The summed E-state index contributed by atoms with van der Waals surface area (Å²) in [6.45, 7) is 1.09. The number of thiophene rings is 1. The van der Waals surface area contributed by atoms with E-state index in [9.17, 15) is 14.7 Å². The van der Waals surface area contributed by atoms with Crippen molar-refractivity contribution in [2.75, 3.05) is 19.9 Å². The fourth-order valence-corrected chi connectivity index (χ4v) is 4.73. The van der Waals surface area contributed by atoms with Crippen molar-refractivity contribution in [2.24, 2.45) is 0 Å². The molecule has 1 aromatic heterocycles. The van der Waals surface area contributed by atoms with Crippen LogP contribution in [0.3, 0.4) is 0 Å². The molecule has 2 unspecified atom stereocenters. The van der Waals surface area contributed by atoms with Gasteiger partial charge in [0.1, 0.15) is 0 Å². The van der Waals surface area contributed by atoms with E-state index in [2.05, 4.69) is 0 Å². The molecule has 1 N–H and O–H groups in total. The Morgan fingerprint density at radius 1 is 1.24 bits per heavy atom. The lowest BCUT2D eigenvalue weighted by atomic mass is 9.95. The fourth-order valence-electron chi connectivity index (χ4n) is 4.05. The molecule has 8 heteroatoms. The van der Waals surface area contributed by atoms with Crippen molar-refractivity contribution in [3.05, 3.63) is 57.5 Å². The molecule has 7 nitrogen and oxygen atoms in total. The van der Waals surface area contributed by atoms with E-state index in [4.69, 9.17) is 14.2 Å². The maximum absolute atomic E-state index is 13.2. The van der Waals surface area contributed by atoms with Crippen LogP contribution in [0, 0.1) is 0 Å². The van der Waals surface area contributed by atoms with Gasteiger partial charge in [-0.25, -0.2) is 0 Å². The van der Waals surface area contributed by atoms with E-state index in [-0.39, 0.29) is 24.3 Å². The summed E-state index contributed by atoms with van der Waals surface area (Å²) < 4.78 is 16.6. The molecule has 4 heterocycles. The zero-order valence-electron chi connectivity index (χ0n) is 15.5.